The first-order valence-corrected chi connectivity index (χ1v) is 26.1. The van der Waals surface area contributed by atoms with Gasteiger partial charge in [0.1, 0.15) is 11.6 Å². The normalized spacial score (nSPS) is 19.2. The predicted molar refractivity (Wildman–Crippen MR) is 280 cm³/mol. The van der Waals surface area contributed by atoms with E-state index in [1.54, 1.807) is 4.68 Å². The number of piperazine rings is 1. The van der Waals surface area contributed by atoms with Gasteiger partial charge in [-0.25, -0.2) is 14.8 Å². The molecule has 374 valence electrons. The minimum atomic E-state index is -1.13. The lowest BCUT2D eigenvalue weighted by Gasteiger charge is -2.36. The third-order valence-electron chi connectivity index (χ3n) is 15.3. The summed E-state index contributed by atoms with van der Waals surface area (Å²) in [6, 6.07) is 29.1. The summed E-state index contributed by atoms with van der Waals surface area (Å²) in [7, 11) is 1.87. The van der Waals surface area contributed by atoms with E-state index in [-0.39, 0.29) is 35.4 Å². The molecule has 73 heavy (non-hydrogen) atoms. The van der Waals surface area contributed by atoms with Gasteiger partial charge in [-0.3, -0.25) is 34.5 Å². The molecule has 0 bridgehead atoms. The van der Waals surface area contributed by atoms with E-state index in [0.717, 1.165) is 100 Å². The van der Waals surface area contributed by atoms with E-state index in [2.05, 4.69) is 37.7 Å². The lowest BCUT2D eigenvalue weighted by molar-refractivity contribution is -0.134. The number of nitrogens with zero attached hydrogens (tertiary/aromatic N) is 7. The van der Waals surface area contributed by atoms with Crippen LogP contribution in [-0.4, -0.2) is 98.2 Å². The summed E-state index contributed by atoms with van der Waals surface area (Å²) in [6.45, 7) is 5.73. The number of para-hydroxylation sites is 1. The first-order chi connectivity index (χ1) is 35.4. The number of imide groups is 1. The molecule has 1 aliphatic carbocycles. The van der Waals surface area contributed by atoms with Gasteiger partial charge in [0.05, 0.1) is 33.4 Å². The quantitative estimate of drug-likeness (QED) is 0.0989. The SMILES string of the molecule is Cc1c(O[C@H]2CC[C@@H](CCC(=O)N3CCN(c4ccc5c(C6CCC(=O)NC6=O)nn(C)c5c4)CC3)CC2)cccc1-c1ccc(N2CCc3cccc(C(=O)Nc4nc5ccccc5s4)c3C2)nc1C(=O)O. The highest BCUT2D eigenvalue weighted by Gasteiger charge is 2.33. The number of aromatic carboxylic acids is 1. The number of benzene rings is 4. The fraction of sp³-hybridized carbons (Fsp3) is 0.357. The zero-order chi connectivity index (χ0) is 50.3. The molecule has 0 radical (unpaired) electrons. The van der Waals surface area contributed by atoms with Crippen LogP contribution < -0.4 is 25.2 Å². The lowest BCUT2D eigenvalue weighted by Crippen LogP contribution is -2.48. The van der Waals surface area contributed by atoms with E-state index in [1.165, 1.54) is 11.3 Å². The van der Waals surface area contributed by atoms with Crippen molar-refractivity contribution in [2.24, 2.45) is 13.0 Å². The highest BCUT2D eigenvalue weighted by atomic mass is 32.1. The highest BCUT2D eigenvalue weighted by molar-refractivity contribution is 7.22. The number of anilines is 3. The number of carbonyl (C=O) groups excluding carboxylic acids is 4. The Morgan fingerprint density at radius 1 is 0.836 bits per heavy atom. The highest BCUT2D eigenvalue weighted by Crippen LogP contribution is 2.38. The number of ether oxygens (including phenoxy) is 1. The predicted octanol–water partition coefficient (Wildman–Crippen LogP) is 8.65. The molecule has 3 aliphatic heterocycles. The largest absolute Gasteiger partial charge is 0.490 e. The Hall–Kier alpha value is -7.66. The van der Waals surface area contributed by atoms with E-state index in [4.69, 9.17) is 9.72 Å². The molecule has 16 nitrogen and oxygen atoms in total. The van der Waals surface area contributed by atoms with Crippen molar-refractivity contribution in [3.63, 3.8) is 0 Å². The number of pyridine rings is 1. The second-order valence-corrected chi connectivity index (χ2v) is 20.8. The number of hydrogen-bond acceptors (Lipinski definition) is 12. The van der Waals surface area contributed by atoms with Crippen molar-refractivity contribution >= 4 is 78.7 Å². The van der Waals surface area contributed by atoms with Crippen LogP contribution in [0.5, 0.6) is 5.75 Å². The van der Waals surface area contributed by atoms with E-state index in [9.17, 15) is 29.1 Å². The average molecular weight is 1000 g/mol. The van der Waals surface area contributed by atoms with E-state index >= 15 is 0 Å². The molecular weight excluding hydrogens is 943 g/mol. The van der Waals surface area contributed by atoms with Crippen molar-refractivity contribution in [3.05, 3.63) is 125 Å². The number of aromatic nitrogens is 4. The molecule has 4 amide bonds. The Balaban J connectivity index is 0.672. The third-order valence-corrected chi connectivity index (χ3v) is 16.2. The van der Waals surface area contributed by atoms with Gasteiger partial charge in [-0.2, -0.15) is 5.10 Å². The monoisotopic (exact) mass is 999 g/mol. The van der Waals surface area contributed by atoms with Gasteiger partial charge in [-0.05, 0) is 135 Å². The number of carboxylic acids is 1. The molecule has 0 spiro atoms. The van der Waals surface area contributed by atoms with Gasteiger partial charge in [0.2, 0.25) is 17.7 Å². The standard InChI is InChI=1S/C56H57N9O7S/c1-33-38(39-20-22-48(58-52(39)55(70)71)65-26-25-35-7-5-9-40(43(35)32-65)53(68)60-56-57-44-10-3-4-12-47(44)73-56)8-6-11-46(33)72-37-17-13-34(14-18-37)15-24-50(67)64-29-27-63(28-30-64)36-16-19-41-45(31-36)62(2)61-51(41)42-21-23-49(66)59-54(42)69/h3-12,16,19-20,22,31,34,37,42H,13-15,17-18,21,23-30,32H2,1-2H3,(H,70,71)(H,57,60,68)(H,59,66,69)/t34-,37+,42?. The first kappa shape index (κ1) is 47.7. The van der Waals surface area contributed by atoms with Crippen LogP contribution in [0.15, 0.2) is 91.0 Å². The molecular formula is C56H57N9O7S. The summed E-state index contributed by atoms with van der Waals surface area (Å²) < 4.78 is 9.44. The summed E-state index contributed by atoms with van der Waals surface area (Å²) in [5, 5.41) is 22.1. The third kappa shape index (κ3) is 9.73. The second kappa shape index (κ2) is 20.1. The van der Waals surface area contributed by atoms with Crippen molar-refractivity contribution in [3.8, 4) is 16.9 Å². The molecule has 1 saturated carbocycles. The van der Waals surface area contributed by atoms with Gasteiger partial charge in [0, 0.05) is 81.4 Å². The average Bonchev–Trinajstić information content (AvgIpc) is 3.97. The Morgan fingerprint density at radius 2 is 1.64 bits per heavy atom. The number of amides is 4. The Kier molecular flexibility index (Phi) is 13.1. The Labute approximate surface area is 426 Å². The van der Waals surface area contributed by atoms with Crippen molar-refractivity contribution in [2.45, 2.75) is 83.3 Å². The fourth-order valence-corrected chi connectivity index (χ4v) is 12.1. The van der Waals surface area contributed by atoms with Crippen molar-refractivity contribution < 1.29 is 33.8 Å². The summed E-state index contributed by atoms with van der Waals surface area (Å²) in [6.07, 6.45) is 6.50. The number of fused-ring (bicyclic) bond motifs is 3. The fourth-order valence-electron chi connectivity index (χ4n) is 11.2. The maximum atomic E-state index is 13.7. The van der Waals surface area contributed by atoms with Crippen LogP contribution in [0.1, 0.15) is 101 Å². The van der Waals surface area contributed by atoms with Crippen molar-refractivity contribution in [2.75, 3.05) is 47.8 Å². The number of hydrogen-bond donors (Lipinski definition) is 3. The van der Waals surface area contributed by atoms with Crippen LogP contribution in [0, 0.1) is 12.8 Å². The molecule has 3 aromatic heterocycles. The van der Waals surface area contributed by atoms with Gasteiger partial charge >= 0.3 is 5.97 Å². The van der Waals surface area contributed by atoms with Gasteiger partial charge in [-0.1, -0.05) is 47.7 Å². The zero-order valence-electron chi connectivity index (χ0n) is 40.9. The first-order valence-electron chi connectivity index (χ1n) is 25.3. The number of piperidine rings is 1. The van der Waals surface area contributed by atoms with Gasteiger partial charge in [0.25, 0.3) is 5.91 Å². The molecule has 1 atom stereocenters. The molecule has 2 saturated heterocycles. The molecule has 1 unspecified atom stereocenters. The number of thiazole rings is 1. The number of aryl methyl sites for hydroxylation is 1. The Bertz CT molecular complexity index is 3280. The summed E-state index contributed by atoms with van der Waals surface area (Å²) in [4.78, 5) is 80.0. The van der Waals surface area contributed by atoms with Crippen molar-refractivity contribution in [1.82, 2.24) is 30.0 Å². The van der Waals surface area contributed by atoms with Crippen LogP contribution in [0.2, 0.25) is 0 Å². The summed E-state index contributed by atoms with van der Waals surface area (Å²) in [5.41, 5.74) is 8.07. The molecule has 3 fully saturated rings. The van der Waals surface area contributed by atoms with Crippen LogP contribution >= 0.6 is 11.3 Å². The van der Waals surface area contributed by atoms with Crippen LogP contribution in [0.25, 0.3) is 32.2 Å². The number of rotatable bonds is 12. The van der Waals surface area contributed by atoms with E-state index in [1.807, 2.05) is 103 Å². The van der Waals surface area contributed by atoms with Gasteiger partial charge in [-0.15, -0.1) is 0 Å². The Morgan fingerprint density at radius 3 is 2.44 bits per heavy atom. The molecule has 4 aromatic carbocycles. The molecule has 3 N–H and O–H groups in total. The number of carboxylic acid groups (broad SMARTS) is 1. The number of nitrogens with one attached hydrogen (secondary N) is 2. The maximum Gasteiger partial charge on any atom is 0.355 e. The minimum Gasteiger partial charge on any atom is -0.490 e. The minimum absolute atomic E-state index is 0.0122. The topological polar surface area (TPSA) is 192 Å². The van der Waals surface area contributed by atoms with E-state index < -0.39 is 11.9 Å². The molecule has 4 aliphatic rings. The smallest absolute Gasteiger partial charge is 0.355 e. The zero-order valence-corrected chi connectivity index (χ0v) is 41.8. The van der Waals surface area contributed by atoms with Gasteiger partial charge < -0.3 is 24.5 Å². The van der Waals surface area contributed by atoms with Crippen LogP contribution in [-0.2, 0) is 34.4 Å². The summed E-state index contributed by atoms with van der Waals surface area (Å²) >= 11 is 1.43. The maximum absolute atomic E-state index is 13.7. The van der Waals surface area contributed by atoms with E-state index in [0.29, 0.717) is 85.6 Å². The molecule has 11 rings (SSSR count). The molecule has 17 heteroatoms. The van der Waals surface area contributed by atoms with Gasteiger partial charge in [0.15, 0.2) is 10.8 Å². The lowest BCUT2D eigenvalue weighted by atomic mass is 9.84. The molecule has 6 heterocycles. The second-order valence-electron chi connectivity index (χ2n) is 19.7. The summed E-state index contributed by atoms with van der Waals surface area (Å²) in [5.74, 6) is -0.465. The number of carbonyl (C=O) groups is 5. The van der Waals surface area contributed by atoms with Crippen molar-refractivity contribution in [1.29, 1.82) is 0 Å². The van der Waals surface area contributed by atoms with Crippen LogP contribution in [0.4, 0.5) is 16.6 Å². The molecule has 7 aromatic rings. The van der Waals surface area contributed by atoms with Crippen LogP contribution in [0.3, 0.4) is 0 Å².